The highest BCUT2D eigenvalue weighted by molar-refractivity contribution is 7.80. The summed E-state index contributed by atoms with van der Waals surface area (Å²) in [4.78, 5) is 0. The van der Waals surface area contributed by atoms with Crippen molar-refractivity contribution < 1.29 is 8.78 Å². The van der Waals surface area contributed by atoms with E-state index in [1.165, 1.54) is 0 Å². The lowest BCUT2D eigenvalue weighted by Gasteiger charge is -2.04. The summed E-state index contributed by atoms with van der Waals surface area (Å²) < 4.78 is 23.3. The first kappa shape index (κ1) is 15.6. The van der Waals surface area contributed by atoms with Gasteiger partial charge in [-0.05, 0) is 19.6 Å². The molecule has 0 aliphatic heterocycles. The maximum atomic E-state index is 11.7. The zero-order valence-electron chi connectivity index (χ0n) is 7.98. The molecule has 0 nitrogen and oxygen atoms in total. The average Bonchev–Trinajstić information content (AvgIpc) is 1.99. The van der Waals surface area contributed by atoms with Crippen LogP contribution in [0.3, 0.4) is 0 Å². The van der Waals surface area contributed by atoms with Crippen LogP contribution >= 0.6 is 25.3 Å². The lowest BCUT2D eigenvalue weighted by atomic mass is 10.3. The van der Waals surface area contributed by atoms with E-state index < -0.39 is 5.92 Å². The summed E-state index contributed by atoms with van der Waals surface area (Å²) in [6.45, 7) is 2.73. The smallest absolute Gasteiger partial charge is 0.207 e. The fourth-order valence-electron chi connectivity index (χ4n) is 0.377. The van der Waals surface area contributed by atoms with E-state index in [4.69, 9.17) is 0 Å². The Labute approximate surface area is 90.3 Å². The maximum Gasteiger partial charge on any atom is 0.246 e. The van der Waals surface area contributed by atoms with Crippen LogP contribution in [0.2, 0.25) is 0 Å². The molecule has 4 heteroatoms. The van der Waals surface area contributed by atoms with Crippen LogP contribution in [0.1, 0.15) is 26.7 Å². The van der Waals surface area contributed by atoms with Crippen molar-refractivity contribution in [1.29, 1.82) is 0 Å². The first-order valence-electron chi connectivity index (χ1n) is 3.97. The van der Waals surface area contributed by atoms with E-state index in [-0.39, 0.29) is 12.2 Å². The van der Waals surface area contributed by atoms with Crippen molar-refractivity contribution in [1.82, 2.24) is 0 Å². The van der Waals surface area contributed by atoms with Crippen molar-refractivity contribution in [3.8, 4) is 11.8 Å². The van der Waals surface area contributed by atoms with Gasteiger partial charge in [0.2, 0.25) is 5.92 Å². The summed E-state index contributed by atoms with van der Waals surface area (Å²) in [6, 6.07) is 0. The molecule has 0 aliphatic carbocycles. The molecule has 0 aromatic carbocycles. The molecule has 0 fully saturated rings. The van der Waals surface area contributed by atoms with Crippen molar-refractivity contribution in [3.05, 3.63) is 0 Å². The van der Waals surface area contributed by atoms with Gasteiger partial charge in [0, 0.05) is 18.6 Å². The fraction of sp³-hybridized carbons (Fsp3) is 0.778. The molecule has 0 rings (SSSR count). The van der Waals surface area contributed by atoms with Crippen LogP contribution in [-0.2, 0) is 0 Å². The van der Waals surface area contributed by atoms with Crippen LogP contribution in [0.5, 0.6) is 0 Å². The summed E-state index contributed by atoms with van der Waals surface area (Å²) in [5.74, 6) is 4.24. The van der Waals surface area contributed by atoms with E-state index in [1.807, 2.05) is 6.92 Å². The minimum Gasteiger partial charge on any atom is -0.207 e. The number of halogens is 2. The van der Waals surface area contributed by atoms with Gasteiger partial charge in [-0.15, -0.1) is 11.8 Å². The van der Waals surface area contributed by atoms with Crippen molar-refractivity contribution >= 4 is 25.3 Å². The van der Waals surface area contributed by atoms with Gasteiger partial charge in [0.15, 0.2) is 0 Å². The largest absolute Gasteiger partial charge is 0.246 e. The van der Waals surface area contributed by atoms with Gasteiger partial charge in [-0.25, -0.2) is 8.78 Å². The molecule has 0 heterocycles. The molecular weight excluding hydrogens is 210 g/mol. The number of hydrogen-bond acceptors (Lipinski definition) is 2. The Kier molecular flexibility index (Phi) is 12.2. The second kappa shape index (κ2) is 10.2. The van der Waals surface area contributed by atoms with Gasteiger partial charge in [0.1, 0.15) is 0 Å². The Morgan fingerprint density at radius 2 is 1.77 bits per heavy atom. The molecule has 0 aromatic rings. The average molecular weight is 226 g/mol. The van der Waals surface area contributed by atoms with Gasteiger partial charge in [0.25, 0.3) is 0 Å². The topological polar surface area (TPSA) is 0 Å². The lowest BCUT2D eigenvalue weighted by Crippen LogP contribution is -2.09. The van der Waals surface area contributed by atoms with E-state index >= 15 is 0 Å². The van der Waals surface area contributed by atoms with Gasteiger partial charge < -0.3 is 0 Å². The molecule has 13 heavy (non-hydrogen) atoms. The number of alkyl halides is 2. The minimum absolute atomic E-state index is 0.129. The molecule has 0 spiro atoms. The third-order valence-corrected chi connectivity index (χ3v) is 1.41. The van der Waals surface area contributed by atoms with E-state index in [9.17, 15) is 8.78 Å². The van der Waals surface area contributed by atoms with Crippen molar-refractivity contribution in [2.75, 3.05) is 11.5 Å². The van der Waals surface area contributed by atoms with Crippen LogP contribution in [0, 0.1) is 11.8 Å². The summed E-state index contributed by atoms with van der Waals surface area (Å²) >= 11 is 7.59. The molecular formula is C9H16F2S2. The van der Waals surface area contributed by atoms with Crippen LogP contribution < -0.4 is 0 Å². The van der Waals surface area contributed by atoms with Crippen molar-refractivity contribution in [2.45, 2.75) is 32.6 Å². The van der Waals surface area contributed by atoms with Crippen LogP contribution in [0.25, 0.3) is 0 Å². The number of rotatable bonds is 3. The normalized spacial score (nSPS) is 9.38. The van der Waals surface area contributed by atoms with Crippen molar-refractivity contribution in [2.24, 2.45) is 0 Å². The highest BCUT2D eigenvalue weighted by atomic mass is 32.1. The Morgan fingerprint density at radius 1 is 1.23 bits per heavy atom. The number of thiol groups is 2. The van der Waals surface area contributed by atoms with Gasteiger partial charge in [-0.2, -0.15) is 25.3 Å². The third-order valence-electron chi connectivity index (χ3n) is 0.964. The Hall–Kier alpha value is 0.120. The Morgan fingerprint density at radius 3 is 1.85 bits per heavy atom. The van der Waals surface area contributed by atoms with E-state index in [1.54, 1.807) is 0 Å². The molecule has 78 valence electrons. The van der Waals surface area contributed by atoms with Gasteiger partial charge in [-0.3, -0.25) is 0 Å². The van der Waals surface area contributed by atoms with E-state index in [2.05, 4.69) is 37.1 Å². The lowest BCUT2D eigenvalue weighted by molar-refractivity contribution is 0.0195. The molecule has 0 saturated carbocycles. The molecule has 0 aliphatic rings. The Balaban J connectivity index is 0. The first-order valence-corrected chi connectivity index (χ1v) is 5.23. The van der Waals surface area contributed by atoms with E-state index in [0.717, 1.165) is 19.1 Å². The maximum absolute atomic E-state index is 11.7. The molecule has 0 unspecified atom stereocenters. The summed E-state index contributed by atoms with van der Waals surface area (Å²) in [5, 5.41) is 0. The second-order valence-corrected chi connectivity index (χ2v) is 3.34. The third kappa shape index (κ3) is 24.5. The summed E-state index contributed by atoms with van der Waals surface area (Å²) in [5.41, 5.74) is 0. The molecule has 0 saturated heterocycles. The molecule has 0 radical (unpaired) electrons. The highest BCUT2D eigenvalue weighted by Gasteiger charge is 2.18. The van der Waals surface area contributed by atoms with E-state index in [0.29, 0.717) is 0 Å². The van der Waals surface area contributed by atoms with Gasteiger partial charge in [-0.1, -0.05) is 0 Å². The van der Waals surface area contributed by atoms with Crippen LogP contribution in [0.15, 0.2) is 0 Å². The molecule has 0 atom stereocenters. The zero-order chi connectivity index (χ0) is 10.7. The Bertz CT molecular complexity index is 153. The fourth-order valence-corrected chi connectivity index (χ4v) is 0.882. The zero-order valence-corrected chi connectivity index (χ0v) is 9.77. The SMILES string of the molecule is CC#CCCS.CC(F)(F)CCS. The highest BCUT2D eigenvalue weighted by Crippen LogP contribution is 2.16. The summed E-state index contributed by atoms with van der Waals surface area (Å²) in [6.07, 6.45) is 0.787. The standard InChI is InChI=1S/C5H8S.C4H8F2S/c1-2-3-4-5-6;1-4(5,6)2-3-7/h6H,4-5H2,1H3;7H,2-3H2,1H3. The number of hydrogen-bond donors (Lipinski definition) is 2. The predicted octanol–water partition coefficient (Wildman–Crippen LogP) is 3.29. The quantitative estimate of drug-likeness (QED) is 0.535. The van der Waals surface area contributed by atoms with Crippen LogP contribution in [-0.4, -0.2) is 17.4 Å². The molecule has 0 aromatic heterocycles. The second-order valence-electron chi connectivity index (χ2n) is 2.44. The molecule has 0 N–H and O–H groups in total. The van der Waals surface area contributed by atoms with Crippen molar-refractivity contribution in [3.63, 3.8) is 0 Å². The molecule has 0 bridgehead atoms. The predicted molar refractivity (Wildman–Crippen MR) is 61.0 cm³/mol. The van der Waals surface area contributed by atoms with Gasteiger partial charge in [0.05, 0.1) is 0 Å². The molecule has 0 amide bonds. The minimum atomic E-state index is -2.53. The summed E-state index contributed by atoms with van der Waals surface area (Å²) in [7, 11) is 0. The van der Waals surface area contributed by atoms with Gasteiger partial charge >= 0.3 is 0 Å². The monoisotopic (exact) mass is 226 g/mol. The first-order chi connectivity index (χ1) is 5.97. The van der Waals surface area contributed by atoms with Crippen LogP contribution in [0.4, 0.5) is 8.78 Å².